The molecule has 0 bridgehead atoms. The Hall–Kier alpha value is -1.98. The Morgan fingerprint density at radius 1 is 1.33 bits per heavy atom. The maximum absolute atomic E-state index is 13.1. The van der Waals surface area contributed by atoms with Gasteiger partial charge >= 0.3 is 0 Å². The first-order chi connectivity index (χ1) is 11.3. The highest BCUT2D eigenvalue weighted by Crippen LogP contribution is 2.30. The van der Waals surface area contributed by atoms with Crippen LogP contribution in [-0.4, -0.2) is 36.6 Å². The molecule has 1 heterocycles. The van der Waals surface area contributed by atoms with E-state index in [4.69, 9.17) is 0 Å². The summed E-state index contributed by atoms with van der Waals surface area (Å²) in [7, 11) is 1.59. The van der Waals surface area contributed by atoms with Crippen LogP contribution in [0.1, 0.15) is 38.7 Å². The number of rotatable bonds is 6. The number of nitrogens with one attached hydrogen (secondary N) is 1. The molecule has 1 aromatic rings. The number of amides is 1. The minimum absolute atomic E-state index is 0.176. The van der Waals surface area contributed by atoms with Gasteiger partial charge in [-0.05, 0) is 29.9 Å². The van der Waals surface area contributed by atoms with Crippen molar-refractivity contribution >= 4 is 17.3 Å². The Bertz CT molecular complexity index is 616. The highest BCUT2D eigenvalue weighted by Gasteiger charge is 2.36. The number of carbonyl (C=O) groups excluding carboxylic acids is 1. The number of alkyl halides is 2. The molecule has 2 unspecified atom stereocenters. The van der Waals surface area contributed by atoms with Gasteiger partial charge in [0.15, 0.2) is 0 Å². The van der Waals surface area contributed by atoms with Crippen molar-refractivity contribution < 1.29 is 13.6 Å². The van der Waals surface area contributed by atoms with Gasteiger partial charge in [-0.2, -0.15) is 5.10 Å². The monoisotopic (exact) mass is 337 g/mol. The molecule has 0 aliphatic carbocycles. The zero-order chi connectivity index (χ0) is 17.9. The number of anilines is 1. The first-order valence-electron chi connectivity index (χ1n) is 8.27. The summed E-state index contributed by atoms with van der Waals surface area (Å²) in [4.78, 5) is 12.5. The van der Waals surface area contributed by atoms with E-state index in [0.29, 0.717) is 11.6 Å². The number of hydrogen-bond acceptors (Lipinski definition) is 3. The van der Waals surface area contributed by atoms with Crippen molar-refractivity contribution in [2.45, 2.75) is 39.5 Å². The van der Waals surface area contributed by atoms with Gasteiger partial charge in [-0.1, -0.05) is 39.0 Å². The zero-order valence-corrected chi connectivity index (χ0v) is 14.6. The lowest BCUT2D eigenvalue weighted by atomic mass is 9.90. The van der Waals surface area contributed by atoms with Gasteiger partial charge in [-0.15, -0.1) is 0 Å². The molecule has 6 heteroatoms. The van der Waals surface area contributed by atoms with E-state index in [-0.39, 0.29) is 18.2 Å². The van der Waals surface area contributed by atoms with Gasteiger partial charge in [0.2, 0.25) is 5.91 Å². The topological polar surface area (TPSA) is 44.7 Å². The van der Waals surface area contributed by atoms with Crippen molar-refractivity contribution in [1.82, 2.24) is 5.01 Å². The molecule has 24 heavy (non-hydrogen) atoms. The third kappa shape index (κ3) is 4.30. The van der Waals surface area contributed by atoms with Crippen LogP contribution in [0.4, 0.5) is 14.5 Å². The van der Waals surface area contributed by atoms with E-state index in [1.165, 1.54) is 5.01 Å². The summed E-state index contributed by atoms with van der Waals surface area (Å²) in [5, 5.41) is 7.99. The van der Waals surface area contributed by atoms with Gasteiger partial charge in [0.1, 0.15) is 11.6 Å². The Morgan fingerprint density at radius 3 is 2.62 bits per heavy atom. The second kappa shape index (κ2) is 7.73. The quantitative estimate of drug-likeness (QED) is 0.854. The molecule has 1 aromatic carbocycles. The molecule has 1 aliphatic heterocycles. The maximum atomic E-state index is 13.1. The molecule has 2 rings (SSSR count). The summed E-state index contributed by atoms with van der Waals surface area (Å²) in [6.45, 7) is 6.59. The third-order valence-corrected chi connectivity index (χ3v) is 4.20. The minimum Gasteiger partial charge on any atom is -0.325 e. The molecular formula is C18H25F2N3O. The number of benzene rings is 1. The SMILES string of the molecule is CC(C)CC(C)c1ccccc1NC(=O)C1CN(C)N=C1C(F)F. The van der Waals surface area contributed by atoms with Gasteiger partial charge in [0.25, 0.3) is 6.43 Å². The lowest BCUT2D eigenvalue weighted by molar-refractivity contribution is -0.118. The molecule has 4 nitrogen and oxygen atoms in total. The number of halogens is 2. The lowest BCUT2D eigenvalue weighted by Crippen LogP contribution is -2.34. The van der Waals surface area contributed by atoms with Crippen LogP contribution in [0.2, 0.25) is 0 Å². The molecule has 0 fully saturated rings. The summed E-state index contributed by atoms with van der Waals surface area (Å²) >= 11 is 0. The number of hydrogen-bond donors (Lipinski definition) is 1. The fraction of sp³-hybridized carbons (Fsp3) is 0.556. The number of carbonyl (C=O) groups is 1. The van der Waals surface area contributed by atoms with Crippen molar-refractivity contribution in [3.05, 3.63) is 29.8 Å². The van der Waals surface area contributed by atoms with Gasteiger partial charge < -0.3 is 5.32 Å². The van der Waals surface area contributed by atoms with Gasteiger partial charge in [-0.3, -0.25) is 9.80 Å². The fourth-order valence-corrected chi connectivity index (χ4v) is 3.17. The average molecular weight is 337 g/mol. The largest absolute Gasteiger partial charge is 0.325 e. The summed E-state index contributed by atoms with van der Waals surface area (Å²) in [6.07, 6.45) is -1.73. The van der Waals surface area contributed by atoms with E-state index in [1.54, 1.807) is 7.05 Å². The molecule has 1 N–H and O–H groups in total. The first kappa shape index (κ1) is 18.4. The van der Waals surface area contributed by atoms with Crippen LogP contribution < -0.4 is 5.32 Å². The molecule has 0 saturated heterocycles. The van der Waals surface area contributed by atoms with E-state index in [9.17, 15) is 13.6 Å². The van der Waals surface area contributed by atoms with Gasteiger partial charge in [0.05, 0.1) is 6.54 Å². The van der Waals surface area contributed by atoms with Gasteiger partial charge in [0, 0.05) is 12.7 Å². The average Bonchev–Trinajstić information content (AvgIpc) is 2.89. The standard InChI is InChI=1S/C18H25F2N3O/c1-11(2)9-12(3)13-7-5-6-8-15(13)21-18(24)14-10-23(4)22-16(14)17(19)20/h5-8,11-12,14,17H,9-10H2,1-4H3,(H,21,24). The van der Waals surface area contributed by atoms with Gasteiger partial charge in [-0.25, -0.2) is 8.78 Å². The summed E-state index contributed by atoms with van der Waals surface area (Å²) in [6, 6.07) is 7.56. The molecule has 1 aliphatic rings. The van der Waals surface area contributed by atoms with Crippen molar-refractivity contribution in [1.29, 1.82) is 0 Å². The van der Waals surface area contributed by atoms with E-state index in [1.807, 2.05) is 24.3 Å². The van der Waals surface area contributed by atoms with Crippen LogP contribution in [-0.2, 0) is 4.79 Å². The van der Waals surface area contributed by atoms with Crippen LogP contribution in [0.25, 0.3) is 0 Å². The smallest absolute Gasteiger partial charge is 0.279 e. The molecule has 132 valence electrons. The highest BCUT2D eigenvalue weighted by atomic mass is 19.3. The molecule has 0 saturated carbocycles. The molecular weight excluding hydrogens is 312 g/mol. The molecule has 0 aromatic heterocycles. The van der Waals surface area contributed by atoms with Crippen LogP contribution >= 0.6 is 0 Å². The number of hydrazone groups is 1. The second-order valence-electron chi connectivity index (χ2n) is 6.83. The summed E-state index contributed by atoms with van der Waals surface area (Å²) in [5.41, 5.74) is 1.36. The van der Waals surface area contributed by atoms with E-state index < -0.39 is 18.3 Å². The van der Waals surface area contributed by atoms with Crippen LogP contribution in [0.15, 0.2) is 29.4 Å². The fourth-order valence-electron chi connectivity index (χ4n) is 3.17. The van der Waals surface area contributed by atoms with Crippen molar-refractivity contribution in [2.24, 2.45) is 16.9 Å². The maximum Gasteiger partial charge on any atom is 0.279 e. The number of nitrogens with zero attached hydrogens (tertiary/aromatic N) is 2. The third-order valence-electron chi connectivity index (χ3n) is 4.20. The van der Waals surface area contributed by atoms with Crippen molar-refractivity contribution in [3.63, 3.8) is 0 Å². The van der Waals surface area contributed by atoms with Crippen LogP contribution in [0.3, 0.4) is 0 Å². The molecule has 0 spiro atoms. The second-order valence-corrected chi connectivity index (χ2v) is 6.83. The van der Waals surface area contributed by atoms with Crippen molar-refractivity contribution in [2.75, 3.05) is 18.9 Å². The Labute approximate surface area is 141 Å². The highest BCUT2D eigenvalue weighted by molar-refractivity contribution is 6.11. The van der Waals surface area contributed by atoms with E-state index in [2.05, 4.69) is 31.2 Å². The van der Waals surface area contributed by atoms with E-state index >= 15 is 0 Å². The van der Waals surface area contributed by atoms with Crippen LogP contribution in [0.5, 0.6) is 0 Å². The summed E-state index contributed by atoms with van der Waals surface area (Å²) in [5.74, 6) is -0.535. The Kier molecular flexibility index (Phi) is 5.91. The van der Waals surface area contributed by atoms with Crippen molar-refractivity contribution in [3.8, 4) is 0 Å². The van der Waals surface area contributed by atoms with E-state index in [0.717, 1.165) is 12.0 Å². The normalized spacial score (nSPS) is 18.9. The predicted octanol–water partition coefficient (Wildman–Crippen LogP) is 3.96. The Balaban J connectivity index is 2.17. The summed E-state index contributed by atoms with van der Waals surface area (Å²) < 4.78 is 26.2. The number of para-hydroxylation sites is 1. The Morgan fingerprint density at radius 2 is 2.00 bits per heavy atom. The predicted molar refractivity (Wildman–Crippen MR) is 92.5 cm³/mol. The van der Waals surface area contributed by atoms with Crippen LogP contribution in [0, 0.1) is 11.8 Å². The molecule has 0 radical (unpaired) electrons. The lowest BCUT2D eigenvalue weighted by Gasteiger charge is -2.20. The molecule has 1 amide bonds. The minimum atomic E-state index is -2.72. The zero-order valence-electron chi connectivity index (χ0n) is 14.6. The first-order valence-corrected chi connectivity index (χ1v) is 8.27. The molecule has 2 atom stereocenters.